The molecule has 0 unspecified atom stereocenters. The molecule has 0 radical (unpaired) electrons. The average molecular weight is 340 g/mol. The molecule has 112 valence electrons. The number of carbonyl (C=O) groups is 1. The molecular formula is C17H26BrNO. The number of hydrogen-bond donors (Lipinski definition) is 1. The Kier molecular flexibility index (Phi) is 9.38. The van der Waals surface area contributed by atoms with Gasteiger partial charge in [-0.25, -0.2) is 0 Å². The summed E-state index contributed by atoms with van der Waals surface area (Å²) in [5.74, 6) is 0.120. The Morgan fingerprint density at radius 3 is 2.35 bits per heavy atom. The van der Waals surface area contributed by atoms with Crippen LogP contribution < -0.4 is 5.32 Å². The maximum atomic E-state index is 11.8. The minimum Gasteiger partial charge on any atom is -0.326 e. The lowest BCUT2D eigenvalue weighted by Crippen LogP contribution is -2.10. The molecule has 0 aliphatic heterocycles. The number of hydrogen-bond acceptors (Lipinski definition) is 1. The maximum absolute atomic E-state index is 11.8. The zero-order chi connectivity index (χ0) is 14.6. The fourth-order valence-electron chi connectivity index (χ4n) is 2.21. The van der Waals surface area contributed by atoms with Crippen molar-refractivity contribution in [2.45, 2.75) is 64.7 Å². The van der Waals surface area contributed by atoms with Crippen molar-refractivity contribution < 1.29 is 4.79 Å². The zero-order valence-electron chi connectivity index (χ0n) is 12.5. The lowest BCUT2D eigenvalue weighted by molar-refractivity contribution is -0.116. The van der Waals surface area contributed by atoms with Gasteiger partial charge in [-0.2, -0.15) is 0 Å². The molecule has 1 aromatic carbocycles. The van der Waals surface area contributed by atoms with E-state index in [1.165, 1.54) is 38.5 Å². The van der Waals surface area contributed by atoms with Gasteiger partial charge in [0.25, 0.3) is 0 Å². The van der Waals surface area contributed by atoms with Gasteiger partial charge in [0.1, 0.15) is 0 Å². The van der Waals surface area contributed by atoms with Crippen molar-refractivity contribution >= 4 is 27.5 Å². The van der Waals surface area contributed by atoms with Crippen LogP contribution in [0, 0.1) is 0 Å². The highest BCUT2D eigenvalue weighted by Crippen LogP contribution is 2.16. The number of halogens is 1. The molecule has 0 heterocycles. The predicted octanol–water partition coefficient (Wildman–Crippen LogP) is 5.92. The minimum absolute atomic E-state index is 0.120. The Morgan fingerprint density at radius 1 is 1.05 bits per heavy atom. The number of carbonyl (C=O) groups excluding carboxylic acids is 1. The molecule has 0 saturated carbocycles. The van der Waals surface area contributed by atoms with Gasteiger partial charge < -0.3 is 5.32 Å². The number of amides is 1. The van der Waals surface area contributed by atoms with E-state index in [2.05, 4.69) is 28.2 Å². The molecule has 20 heavy (non-hydrogen) atoms. The number of anilines is 1. The van der Waals surface area contributed by atoms with Gasteiger partial charge in [-0.15, -0.1) is 0 Å². The second kappa shape index (κ2) is 10.9. The van der Waals surface area contributed by atoms with Gasteiger partial charge in [-0.05, 0) is 24.6 Å². The van der Waals surface area contributed by atoms with E-state index in [1.807, 2.05) is 24.3 Å². The lowest BCUT2D eigenvalue weighted by atomic mass is 10.1. The van der Waals surface area contributed by atoms with E-state index >= 15 is 0 Å². The Hall–Kier alpha value is -0.830. The zero-order valence-corrected chi connectivity index (χ0v) is 14.0. The standard InChI is InChI=1S/C17H26BrNO/c1-2-3-4-5-6-7-8-9-13-17(20)19-16-12-10-11-15(18)14-16/h10-12,14H,2-9,13H2,1H3,(H,19,20). The Bertz CT molecular complexity index is 392. The van der Waals surface area contributed by atoms with Crippen LogP contribution in [-0.2, 0) is 4.79 Å². The van der Waals surface area contributed by atoms with Gasteiger partial charge in [0.05, 0.1) is 0 Å². The average Bonchev–Trinajstić information content (AvgIpc) is 2.42. The Morgan fingerprint density at radius 2 is 1.70 bits per heavy atom. The topological polar surface area (TPSA) is 29.1 Å². The predicted molar refractivity (Wildman–Crippen MR) is 90.0 cm³/mol. The molecule has 1 aromatic rings. The van der Waals surface area contributed by atoms with Crippen molar-refractivity contribution in [2.75, 3.05) is 5.32 Å². The van der Waals surface area contributed by atoms with Crippen LogP contribution in [0.4, 0.5) is 5.69 Å². The van der Waals surface area contributed by atoms with E-state index in [1.54, 1.807) is 0 Å². The van der Waals surface area contributed by atoms with Crippen LogP contribution >= 0.6 is 15.9 Å². The summed E-state index contributed by atoms with van der Waals surface area (Å²) in [4.78, 5) is 11.8. The maximum Gasteiger partial charge on any atom is 0.224 e. The molecule has 0 aliphatic carbocycles. The summed E-state index contributed by atoms with van der Waals surface area (Å²) in [6.45, 7) is 2.24. The van der Waals surface area contributed by atoms with Crippen molar-refractivity contribution in [1.29, 1.82) is 0 Å². The van der Waals surface area contributed by atoms with E-state index in [-0.39, 0.29) is 5.91 Å². The molecule has 0 spiro atoms. The van der Waals surface area contributed by atoms with Gasteiger partial charge in [-0.3, -0.25) is 4.79 Å². The molecule has 1 N–H and O–H groups in total. The molecule has 0 fully saturated rings. The fourth-order valence-corrected chi connectivity index (χ4v) is 2.61. The van der Waals surface area contributed by atoms with Gasteiger partial charge in [-0.1, -0.05) is 73.9 Å². The number of nitrogens with one attached hydrogen (secondary N) is 1. The minimum atomic E-state index is 0.120. The van der Waals surface area contributed by atoms with Crippen LogP contribution in [0.1, 0.15) is 64.7 Å². The van der Waals surface area contributed by atoms with Gasteiger partial charge >= 0.3 is 0 Å². The highest BCUT2D eigenvalue weighted by Gasteiger charge is 2.02. The summed E-state index contributed by atoms with van der Waals surface area (Å²) in [6.07, 6.45) is 10.7. The Labute approximate surface area is 131 Å². The number of benzene rings is 1. The summed E-state index contributed by atoms with van der Waals surface area (Å²) in [7, 11) is 0. The summed E-state index contributed by atoms with van der Waals surface area (Å²) >= 11 is 3.40. The van der Waals surface area contributed by atoms with Crippen LogP contribution in [0.15, 0.2) is 28.7 Å². The normalized spacial score (nSPS) is 10.5. The molecule has 0 atom stereocenters. The highest BCUT2D eigenvalue weighted by molar-refractivity contribution is 9.10. The summed E-state index contributed by atoms with van der Waals surface area (Å²) in [5, 5.41) is 2.93. The molecule has 1 rings (SSSR count). The van der Waals surface area contributed by atoms with Crippen LogP contribution in [0.5, 0.6) is 0 Å². The molecule has 2 nitrogen and oxygen atoms in total. The molecule has 0 aliphatic rings. The summed E-state index contributed by atoms with van der Waals surface area (Å²) in [6, 6.07) is 7.71. The van der Waals surface area contributed by atoms with Gasteiger partial charge in [0.2, 0.25) is 5.91 Å². The smallest absolute Gasteiger partial charge is 0.224 e. The third kappa shape index (κ3) is 8.36. The molecule has 3 heteroatoms. The summed E-state index contributed by atoms with van der Waals surface area (Å²) in [5.41, 5.74) is 0.865. The van der Waals surface area contributed by atoms with Crippen LogP contribution in [0.25, 0.3) is 0 Å². The van der Waals surface area contributed by atoms with Gasteiger partial charge in [0, 0.05) is 16.6 Å². The van der Waals surface area contributed by atoms with E-state index in [9.17, 15) is 4.79 Å². The van der Waals surface area contributed by atoms with Crippen LogP contribution in [0.2, 0.25) is 0 Å². The largest absolute Gasteiger partial charge is 0.326 e. The first-order valence-electron chi connectivity index (χ1n) is 7.78. The molecule has 1 amide bonds. The first-order valence-corrected chi connectivity index (χ1v) is 8.57. The first kappa shape index (κ1) is 17.2. The first-order chi connectivity index (χ1) is 9.72. The van der Waals surface area contributed by atoms with E-state index in [0.29, 0.717) is 6.42 Å². The van der Waals surface area contributed by atoms with Crippen LogP contribution in [0.3, 0.4) is 0 Å². The van der Waals surface area contributed by atoms with Crippen LogP contribution in [-0.4, -0.2) is 5.91 Å². The SMILES string of the molecule is CCCCCCCCCCC(=O)Nc1cccc(Br)c1. The molecular weight excluding hydrogens is 314 g/mol. The van der Waals surface area contributed by atoms with Gasteiger partial charge in [0.15, 0.2) is 0 Å². The van der Waals surface area contributed by atoms with Crippen molar-refractivity contribution in [3.05, 3.63) is 28.7 Å². The van der Waals surface area contributed by atoms with E-state index < -0.39 is 0 Å². The summed E-state index contributed by atoms with van der Waals surface area (Å²) < 4.78 is 0.988. The molecule has 0 bridgehead atoms. The fraction of sp³-hybridized carbons (Fsp3) is 0.588. The number of unbranched alkanes of at least 4 members (excludes halogenated alkanes) is 7. The number of rotatable bonds is 10. The third-order valence-electron chi connectivity index (χ3n) is 3.37. The monoisotopic (exact) mass is 339 g/mol. The third-order valence-corrected chi connectivity index (χ3v) is 3.86. The molecule has 0 saturated heterocycles. The second-order valence-electron chi connectivity index (χ2n) is 5.28. The van der Waals surface area contributed by atoms with Crippen molar-refractivity contribution in [3.63, 3.8) is 0 Å². The molecule has 0 aromatic heterocycles. The van der Waals surface area contributed by atoms with E-state index in [0.717, 1.165) is 23.0 Å². The van der Waals surface area contributed by atoms with Crippen molar-refractivity contribution in [2.24, 2.45) is 0 Å². The quantitative estimate of drug-likeness (QED) is 0.526. The van der Waals surface area contributed by atoms with Crippen molar-refractivity contribution in [1.82, 2.24) is 0 Å². The van der Waals surface area contributed by atoms with Crippen molar-refractivity contribution in [3.8, 4) is 0 Å². The highest BCUT2D eigenvalue weighted by atomic mass is 79.9. The Balaban J connectivity index is 2.03. The van der Waals surface area contributed by atoms with E-state index in [4.69, 9.17) is 0 Å². The lowest BCUT2D eigenvalue weighted by Gasteiger charge is -2.05. The second-order valence-corrected chi connectivity index (χ2v) is 6.20.